The van der Waals surface area contributed by atoms with Gasteiger partial charge in [0, 0.05) is 18.1 Å². The minimum Gasteiger partial charge on any atom is -0.372 e. The van der Waals surface area contributed by atoms with E-state index in [2.05, 4.69) is 0 Å². The Kier molecular flexibility index (Phi) is 7.12. The molecule has 3 nitrogen and oxygen atoms in total. The van der Waals surface area contributed by atoms with Gasteiger partial charge in [-0.25, -0.2) is 0 Å². The van der Waals surface area contributed by atoms with Gasteiger partial charge in [-0.15, -0.1) is 0 Å². The van der Waals surface area contributed by atoms with Crippen molar-refractivity contribution in [2.75, 3.05) is 13.1 Å². The number of rotatable bonds is 5. The Morgan fingerprint density at radius 2 is 1.57 bits per heavy atom. The van der Waals surface area contributed by atoms with E-state index in [1.54, 1.807) is 17.0 Å². The van der Waals surface area contributed by atoms with Crippen LogP contribution in [0.25, 0.3) is 0 Å². The first-order chi connectivity index (χ1) is 16.4. The van der Waals surface area contributed by atoms with E-state index in [1.807, 2.05) is 12.1 Å². The third-order valence-corrected chi connectivity index (χ3v) is 7.06. The lowest BCUT2D eigenvalue weighted by Crippen LogP contribution is -2.54. The molecule has 1 saturated heterocycles. The molecule has 0 aromatic heterocycles. The summed E-state index contributed by atoms with van der Waals surface area (Å²) in [5.41, 5.74) is -2.70. The molecule has 1 amide bonds. The standard InChI is InChI=1S/C25H24ClF6NO2/c26-20-6-4-17(5-7-20)23(8-2-9-23)22(34)33-10-1-3-21(14-33)35-15-16-11-18(24(27,28)29)13-19(12-16)25(30,31)32/h4-7,11-13,21H,1-3,8-10,14-15H2. The van der Waals surface area contributed by atoms with Crippen LogP contribution in [-0.2, 0) is 33.9 Å². The number of hydrogen-bond acceptors (Lipinski definition) is 2. The van der Waals surface area contributed by atoms with Crippen molar-refractivity contribution in [3.63, 3.8) is 0 Å². The van der Waals surface area contributed by atoms with E-state index in [0.29, 0.717) is 49.4 Å². The molecule has 0 spiro atoms. The predicted molar refractivity (Wildman–Crippen MR) is 118 cm³/mol. The third kappa shape index (κ3) is 5.61. The number of piperidine rings is 1. The monoisotopic (exact) mass is 519 g/mol. The Hall–Kier alpha value is -2.26. The number of carbonyl (C=O) groups is 1. The van der Waals surface area contributed by atoms with Gasteiger partial charge in [0.15, 0.2) is 0 Å². The van der Waals surface area contributed by atoms with Crippen LogP contribution in [0.2, 0.25) is 5.02 Å². The topological polar surface area (TPSA) is 29.5 Å². The highest BCUT2D eigenvalue weighted by Gasteiger charge is 2.48. The van der Waals surface area contributed by atoms with E-state index in [-0.39, 0.29) is 24.1 Å². The molecule has 2 fully saturated rings. The van der Waals surface area contributed by atoms with Crippen molar-refractivity contribution in [3.8, 4) is 0 Å². The number of hydrogen-bond donors (Lipinski definition) is 0. The summed E-state index contributed by atoms with van der Waals surface area (Å²) in [5.74, 6) is -0.0298. The van der Waals surface area contributed by atoms with Gasteiger partial charge in [0.05, 0.1) is 29.3 Å². The zero-order valence-corrected chi connectivity index (χ0v) is 19.4. The molecule has 1 atom stereocenters. The van der Waals surface area contributed by atoms with Crippen LogP contribution in [0.5, 0.6) is 0 Å². The molecule has 190 valence electrons. The molecule has 0 radical (unpaired) electrons. The average Bonchev–Trinajstić information content (AvgIpc) is 2.77. The molecule has 10 heteroatoms. The highest BCUT2D eigenvalue weighted by atomic mass is 35.5. The van der Waals surface area contributed by atoms with Crippen LogP contribution < -0.4 is 0 Å². The normalized spacial score (nSPS) is 20.4. The van der Waals surface area contributed by atoms with E-state index >= 15 is 0 Å². The van der Waals surface area contributed by atoms with Crippen LogP contribution >= 0.6 is 11.6 Å². The quantitative estimate of drug-likeness (QED) is 0.398. The summed E-state index contributed by atoms with van der Waals surface area (Å²) in [7, 11) is 0. The lowest BCUT2D eigenvalue weighted by atomic mass is 9.63. The summed E-state index contributed by atoms with van der Waals surface area (Å²) in [6.07, 6.45) is -6.80. The molecule has 2 aromatic rings. The van der Waals surface area contributed by atoms with Gasteiger partial charge >= 0.3 is 12.4 Å². The van der Waals surface area contributed by atoms with Gasteiger partial charge in [-0.05, 0) is 67.1 Å². The Bertz CT molecular complexity index is 1030. The van der Waals surface area contributed by atoms with Crippen LogP contribution in [0.3, 0.4) is 0 Å². The van der Waals surface area contributed by atoms with Crippen molar-refractivity contribution in [2.45, 2.75) is 62.6 Å². The Morgan fingerprint density at radius 1 is 0.971 bits per heavy atom. The van der Waals surface area contributed by atoms with Gasteiger partial charge in [-0.2, -0.15) is 26.3 Å². The van der Waals surface area contributed by atoms with Crippen LogP contribution in [-0.4, -0.2) is 30.0 Å². The number of likely N-dealkylation sites (tertiary alicyclic amines) is 1. The molecule has 35 heavy (non-hydrogen) atoms. The Morgan fingerprint density at radius 3 is 2.09 bits per heavy atom. The molecule has 0 bridgehead atoms. The first-order valence-corrected chi connectivity index (χ1v) is 11.7. The van der Waals surface area contributed by atoms with Gasteiger partial charge in [-0.1, -0.05) is 30.2 Å². The van der Waals surface area contributed by atoms with Gasteiger partial charge < -0.3 is 9.64 Å². The minimum absolute atomic E-state index is 0.0298. The first kappa shape index (κ1) is 25.8. The van der Waals surface area contributed by atoms with E-state index in [0.717, 1.165) is 12.0 Å². The fourth-order valence-electron chi connectivity index (χ4n) is 4.80. The summed E-state index contributed by atoms with van der Waals surface area (Å²) in [6, 6.07) is 8.63. The molecule has 0 N–H and O–H groups in total. The predicted octanol–water partition coefficient (Wildman–Crippen LogP) is 7.01. The maximum Gasteiger partial charge on any atom is 0.416 e. The molecule has 2 aliphatic rings. The summed E-state index contributed by atoms with van der Waals surface area (Å²) in [4.78, 5) is 15.2. The van der Waals surface area contributed by atoms with Gasteiger partial charge in [0.1, 0.15) is 0 Å². The number of benzene rings is 2. The highest BCUT2D eigenvalue weighted by molar-refractivity contribution is 6.30. The van der Waals surface area contributed by atoms with Gasteiger partial charge in [-0.3, -0.25) is 4.79 Å². The van der Waals surface area contributed by atoms with Crippen molar-refractivity contribution in [1.29, 1.82) is 0 Å². The van der Waals surface area contributed by atoms with Crippen LogP contribution in [0.15, 0.2) is 42.5 Å². The lowest BCUT2D eigenvalue weighted by molar-refractivity contribution is -0.146. The molecule has 1 heterocycles. The second kappa shape index (κ2) is 9.65. The number of alkyl halides is 6. The summed E-state index contributed by atoms with van der Waals surface area (Å²) < 4.78 is 84.5. The van der Waals surface area contributed by atoms with Crippen molar-refractivity contribution >= 4 is 17.5 Å². The molecular formula is C25H24ClF6NO2. The zero-order valence-electron chi connectivity index (χ0n) is 18.7. The first-order valence-electron chi connectivity index (χ1n) is 11.3. The number of halogens is 7. The molecule has 1 unspecified atom stereocenters. The second-order valence-electron chi connectivity index (χ2n) is 9.18. The summed E-state index contributed by atoms with van der Waals surface area (Å²) in [6.45, 7) is 0.344. The fourth-order valence-corrected chi connectivity index (χ4v) is 4.93. The van der Waals surface area contributed by atoms with E-state index < -0.39 is 41.6 Å². The molecule has 1 aliphatic heterocycles. The van der Waals surface area contributed by atoms with Crippen molar-refractivity contribution in [2.24, 2.45) is 0 Å². The molecule has 2 aromatic carbocycles. The second-order valence-corrected chi connectivity index (χ2v) is 9.62. The SMILES string of the molecule is O=C(N1CCCC(OCc2cc(C(F)(F)F)cc(C(F)(F)F)c2)C1)C1(c2ccc(Cl)cc2)CCC1. The maximum atomic E-state index is 13.5. The highest BCUT2D eigenvalue weighted by Crippen LogP contribution is 2.46. The van der Waals surface area contributed by atoms with E-state index in [4.69, 9.17) is 16.3 Å². The zero-order chi connectivity index (χ0) is 25.4. The van der Waals surface area contributed by atoms with E-state index in [1.165, 1.54) is 0 Å². The Balaban J connectivity index is 1.46. The number of nitrogens with zero attached hydrogens (tertiary/aromatic N) is 1. The summed E-state index contributed by atoms with van der Waals surface area (Å²) in [5, 5.41) is 0.574. The average molecular weight is 520 g/mol. The molecule has 1 saturated carbocycles. The van der Waals surface area contributed by atoms with E-state index in [9.17, 15) is 31.1 Å². The van der Waals surface area contributed by atoms with Crippen LogP contribution in [0, 0.1) is 0 Å². The van der Waals surface area contributed by atoms with Gasteiger partial charge in [0.2, 0.25) is 5.91 Å². The minimum atomic E-state index is -4.91. The number of amides is 1. The molecule has 1 aliphatic carbocycles. The van der Waals surface area contributed by atoms with Crippen LogP contribution in [0.1, 0.15) is 54.4 Å². The van der Waals surface area contributed by atoms with Crippen molar-refractivity contribution < 1.29 is 35.9 Å². The van der Waals surface area contributed by atoms with Crippen molar-refractivity contribution in [1.82, 2.24) is 4.90 Å². The maximum absolute atomic E-state index is 13.5. The fraction of sp³-hybridized carbons (Fsp3) is 0.480. The third-order valence-electron chi connectivity index (χ3n) is 6.81. The largest absolute Gasteiger partial charge is 0.416 e. The Labute approximate surface area is 204 Å². The van der Waals surface area contributed by atoms with Crippen LogP contribution in [0.4, 0.5) is 26.3 Å². The number of ether oxygens (including phenoxy) is 1. The van der Waals surface area contributed by atoms with Gasteiger partial charge in [0.25, 0.3) is 0 Å². The smallest absolute Gasteiger partial charge is 0.372 e. The number of carbonyl (C=O) groups excluding carboxylic acids is 1. The molecular weight excluding hydrogens is 496 g/mol. The van der Waals surface area contributed by atoms with Crippen molar-refractivity contribution in [3.05, 3.63) is 69.7 Å². The molecule has 4 rings (SSSR count). The lowest BCUT2D eigenvalue weighted by Gasteiger charge is -2.46. The summed E-state index contributed by atoms with van der Waals surface area (Å²) >= 11 is 5.99.